The maximum absolute atomic E-state index is 12.6. The third kappa shape index (κ3) is 4.34. The van der Waals surface area contributed by atoms with Gasteiger partial charge in [0.1, 0.15) is 5.75 Å². The van der Waals surface area contributed by atoms with Crippen molar-refractivity contribution in [3.05, 3.63) is 71.3 Å². The van der Waals surface area contributed by atoms with Gasteiger partial charge >= 0.3 is 12.0 Å². The van der Waals surface area contributed by atoms with E-state index in [0.717, 1.165) is 24.0 Å². The van der Waals surface area contributed by atoms with E-state index in [0.29, 0.717) is 23.6 Å². The van der Waals surface area contributed by atoms with E-state index in [4.69, 9.17) is 9.47 Å². The highest BCUT2D eigenvalue weighted by Gasteiger charge is 2.34. The fraction of sp³-hybridized carbons (Fsp3) is 0.273. The van der Waals surface area contributed by atoms with Gasteiger partial charge < -0.3 is 20.1 Å². The van der Waals surface area contributed by atoms with Gasteiger partial charge in [0.05, 0.1) is 31.0 Å². The van der Waals surface area contributed by atoms with Crippen LogP contribution in [-0.4, -0.2) is 25.7 Å². The standard InChI is InChI=1S/C22H24N2O4/c1-3-4-13-28-17-12-8-11-16(14-17)20-18(21(25)27-2)19(23-22(26)24-20)15-9-6-5-7-10-15/h5-12,14,20H,3-4,13H2,1-2H3,(H2,23,24,26). The van der Waals surface area contributed by atoms with Crippen LogP contribution in [-0.2, 0) is 9.53 Å². The minimum atomic E-state index is -0.647. The smallest absolute Gasteiger partial charge is 0.338 e. The zero-order chi connectivity index (χ0) is 19.9. The van der Waals surface area contributed by atoms with Gasteiger partial charge in [0.15, 0.2) is 0 Å². The number of hydrogen-bond acceptors (Lipinski definition) is 4. The molecule has 2 aromatic rings. The largest absolute Gasteiger partial charge is 0.494 e. The van der Waals surface area contributed by atoms with Crippen LogP contribution in [0.1, 0.15) is 36.9 Å². The van der Waals surface area contributed by atoms with Gasteiger partial charge in [-0.3, -0.25) is 0 Å². The number of benzene rings is 2. The summed E-state index contributed by atoms with van der Waals surface area (Å²) < 4.78 is 10.8. The van der Waals surface area contributed by atoms with Crippen molar-refractivity contribution in [1.29, 1.82) is 0 Å². The molecule has 2 amide bonds. The lowest BCUT2D eigenvalue weighted by molar-refractivity contribution is -0.136. The third-order valence-electron chi connectivity index (χ3n) is 4.50. The topological polar surface area (TPSA) is 76.7 Å². The zero-order valence-electron chi connectivity index (χ0n) is 16.0. The van der Waals surface area contributed by atoms with Gasteiger partial charge in [0, 0.05) is 0 Å². The van der Waals surface area contributed by atoms with Crippen molar-refractivity contribution in [2.75, 3.05) is 13.7 Å². The number of methoxy groups -OCH3 is 1. The summed E-state index contributed by atoms with van der Waals surface area (Å²) >= 11 is 0. The molecule has 6 nitrogen and oxygen atoms in total. The maximum Gasteiger partial charge on any atom is 0.338 e. The van der Waals surface area contributed by atoms with E-state index in [1.807, 2.05) is 54.6 Å². The molecule has 0 bridgehead atoms. The second kappa shape index (κ2) is 9.08. The van der Waals surface area contributed by atoms with E-state index in [1.165, 1.54) is 7.11 Å². The summed E-state index contributed by atoms with van der Waals surface area (Å²) in [5.74, 6) is 0.192. The molecule has 1 aliphatic heterocycles. The molecule has 0 spiro atoms. The van der Waals surface area contributed by atoms with E-state index in [2.05, 4.69) is 17.6 Å². The van der Waals surface area contributed by atoms with E-state index in [-0.39, 0.29) is 6.03 Å². The highest BCUT2D eigenvalue weighted by atomic mass is 16.5. The number of nitrogens with one attached hydrogen (secondary N) is 2. The highest BCUT2D eigenvalue weighted by Crippen LogP contribution is 2.33. The van der Waals surface area contributed by atoms with Crippen LogP contribution in [0.4, 0.5) is 4.79 Å². The highest BCUT2D eigenvalue weighted by molar-refractivity contribution is 6.04. The van der Waals surface area contributed by atoms with Crippen LogP contribution >= 0.6 is 0 Å². The Hall–Kier alpha value is -3.28. The molecule has 0 saturated carbocycles. The molecule has 3 rings (SSSR count). The fourth-order valence-electron chi connectivity index (χ4n) is 3.10. The van der Waals surface area contributed by atoms with Crippen LogP contribution in [0.15, 0.2) is 60.2 Å². The Balaban J connectivity index is 2.04. The van der Waals surface area contributed by atoms with Crippen molar-refractivity contribution in [1.82, 2.24) is 10.6 Å². The molecule has 2 aromatic carbocycles. The van der Waals surface area contributed by atoms with Gasteiger partial charge in [-0.1, -0.05) is 55.8 Å². The molecule has 1 atom stereocenters. The van der Waals surface area contributed by atoms with Gasteiger partial charge in [-0.2, -0.15) is 0 Å². The van der Waals surface area contributed by atoms with Crippen LogP contribution in [0.2, 0.25) is 0 Å². The average molecular weight is 380 g/mol. The van der Waals surface area contributed by atoms with Gasteiger partial charge in [-0.25, -0.2) is 9.59 Å². The first-order valence-electron chi connectivity index (χ1n) is 9.32. The molecule has 0 aromatic heterocycles. The predicted molar refractivity (Wildman–Crippen MR) is 107 cm³/mol. The number of amides is 2. The molecular formula is C22H24N2O4. The molecule has 0 aliphatic carbocycles. The second-order valence-corrected chi connectivity index (χ2v) is 6.45. The predicted octanol–water partition coefficient (Wildman–Crippen LogP) is 3.80. The number of carbonyl (C=O) groups excluding carboxylic acids is 2. The van der Waals surface area contributed by atoms with Crippen LogP contribution in [0.25, 0.3) is 5.70 Å². The lowest BCUT2D eigenvalue weighted by atomic mass is 9.92. The molecule has 146 valence electrons. The first-order chi connectivity index (χ1) is 13.6. The Morgan fingerprint density at radius 2 is 1.89 bits per heavy atom. The number of carbonyl (C=O) groups is 2. The molecule has 2 N–H and O–H groups in total. The summed E-state index contributed by atoms with van der Waals surface area (Å²) in [6, 6.07) is 15.6. The third-order valence-corrected chi connectivity index (χ3v) is 4.50. The number of esters is 1. The normalized spacial score (nSPS) is 16.2. The molecule has 0 fully saturated rings. The van der Waals surface area contributed by atoms with Crippen LogP contribution in [0.3, 0.4) is 0 Å². The van der Waals surface area contributed by atoms with E-state index < -0.39 is 12.0 Å². The summed E-state index contributed by atoms with van der Waals surface area (Å²) in [7, 11) is 1.33. The zero-order valence-corrected chi connectivity index (χ0v) is 16.0. The monoisotopic (exact) mass is 380 g/mol. The second-order valence-electron chi connectivity index (χ2n) is 6.45. The summed E-state index contributed by atoms with van der Waals surface area (Å²) in [4.78, 5) is 25.0. The molecule has 1 unspecified atom stereocenters. The van der Waals surface area contributed by atoms with Crippen molar-refractivity contribution in [3.8, 4) is 5.75 Å². The Morgan fingerprint density at radius 1 is 1.11 bits per heavy atom. The molecule has 1 heterocycles. The minimum Gasteiger partial charge on any atom is -0.494 e. The van der Waals surface area contributed by atoms with E-state index in [1.54, 1.807) is 0 Å². The molecule has 0 radical (unpaired) electrons. The van der Waals surface area contributed by atoms with E-state index in [9.17, 15) is 9.59 Å². The SMILES string of the molecule is CCCCOc1cccc(C2NC(=O)NC(c3ccccc3)=C2C(=O)OC)c1. The fourth-order valence-corrected chi connectivity index (χ4v) is 3.10. The number of urea groups is 1. The van der Waals surface area contributed by atoms with Crippen LogP contribution < -0.4 is 15.4 Å². The summed E-state index contributed by atoms with van der Waals surface area (Å²) in [6.45, 7) is 2.72. The van der Waals surface area contributed by atoms with Crippen molar-refractivity contribution >= 4 is 17.7 Å². The van der Waals surface area contributed by atoms with Crippen LogP contribution in [0, 0.1) is 0 Å². The Morgan fingerprint density at radius 3 is 2.61 bits per heavy atom. The quantitative estimate of drug-likeness (QED) is 0.566. The maximum atomic E-state index is 12.6. The Bertz CT molecular complexity index is 877. The van der Waals surface area contributed by atoms with Crippen molar-refractivity contribution < 1.29 is 19.1 Å². The van der Waals surface area contributed by atoms with Gasteiger partial charge in [-0.05, 0) is 29.7 Å². The molecule has 28 heavy (non-hydrogen) atoms. The van der Waals surface area contributed by atoms with Crippen LogP contribution in [0.5, 0.6) is 5.75 Å². The number of ether oxygens (including phenoxy) is 2. The lowest BCUT2D eigenvalue weighted by Gasteiger charge is -2.29. The summed E-state index contributed by atoms with van der Waals surface area (Å²) in [5, 5.41) is 5.58. The first-order valence-corrected chi connectivity index (χ1v) is 9.32. The van der Waals surface area contributed by atoms with Gasteiger partial charge in [-0.15, -0.1) is 0 Å². The number of rotatable bonds is 7. The molecular weight excluding hydrogens is 356 g/mol. The molecule has 6 heteroatoms. The molecule has 1 aliphatic rings. The van der Waals surface area contributed by atoms with Crippen molar-refractivity contribution in [2.24, 2.45) is 0 Å². The van der Waals surface area contributed by atoms with Gasteiger partial charge in [0.2, 0.25) is 0 Å². The Labute approximate surface area is 164 Å². The van der Waals surface area contributed by atoms with Crippen molar-refractivity contribution in [2.45, 2.75) is 25.8 Å². The minimum absolute atomic E-state index is 0.346. The lowest BCUT2D eigenvalue weighted by Crippen LogP contribution is -2.45. The first kappa shape index (κ1) is 19.5. The average Bonchev–Trinajstić information content (AvgIpc) is 2.73. The van der Waals surface area contributed by atoms with Gasteiger partial charge in [0.25, 0.3) is 0 Å². The van der Waals surface area contributed by atoms with E-state index >= 15 is 0 Å². The number of unbranched alkanes of at least 4 members (excludes halogenated alkanes) is 1. The molecule has 0 saturated heterocycles. The Kier molecular flexibility index (Phi) is 6.32. The van der Waals surface area contributed by atoms with Crippen molar-refractivity contribution in [3.63, 3.8) is 0 Å². The summed E-state index contributed by atoms with van der Waals surface area (Å²) in [6.07, 6.45) is 2.00. The summed E-state index contributed by atoms with van der Waals surface area (Å²) in [5.41, 5.74) is 2.27. The number of hydrogen-bond donors (Lipinski definition) is 2.